The lowest BCUT2D eigenvalue weighted by Crippen LogP contribution is -2.27. The molecule has 1 heterocycles. The smallest absolute Gasteiger partial charge is 0.412 e. The van der Waals surface area contributed by atoms with Crippen LogP contribution in [0.15, 0.2) is 17.5 Å². The third-order valence-electron chi connectivity index (χ3n) is 7.47. The van der Waals surface area contributed by atoms with Crippen molar-refractivity contribution in [2.45, 2.75) is 136 Å². The number of anilines is 1. The molecule has 2 unspecified atom stereocenters. The number of carbonyl (C=O) groups is 1. The van der Waals surface area contributed by atoms with Gasteiger partial charge in [-0.2, -0.15) is 0 Å². The molecule has 0 spiro atoms. The molecule has 34 heavy (non-hydrogen) atoms. The summed E-state index contributed by atoms with van der Waals surface area (Å²) in [6.07, 6.45) is 27.2. The molecule has 1 amide bonds. The molecule has 1 N–H and O–H groups in total. The van der Waals surface area contributed by atoms with Crippen molar-refractivity contribution in [2.75, 3.05) is 5.32 Å². The van der Waals surface area contributed by atoms with Crippen molar-refractivity contribution in [1.29, 1.82) is 0 Å². The second-order valence-electron chi connectivity index (χ2n) is 11.6. The van der Waals surface area contributed by atoms with Crippen molar-refractivity contribution in [3.05, 3.63) is 28.0 Å². The Morgan fingerprint density at radius 3 is 2.44 bits per heavy atom. The van der Waals surface area contributed by atoms with Gasteiger partial charge in [-0.15, -0.1) is 11.3 Å². The molecule has 1 aromatic rings. The third-order valence-corrected chi connectivity index (χ3v) is 8.56. The van der Waals surface area contributed by atoms with Gasteiger partial charge < -0.3 is 4.74 Å². The summed E-state index contributed by atoms with van der Waals surface area (Å²) in [5.41, 5.74) is 1.88. The molecule has 2 bridgehead atoms. The number of allylic oxidation sites excluding steroid dienone is 2. The number of amides is 1. The van der Waals surface area contributed by atoms with Crippen LogP contribution in [0, 0.1) is 11.8 Å². The molecule has 0 aliphatic heterocycles. The zero-order chi connectivity index (χ0) is 24.2. The summed E-state index contributed by atoms with van der Waals surface area (Å²) in [7, 11) is 0. The Labute approximate surface area is 213 Å². The molecule has 0 aromatic carbocycles. The standard InChI is InChI=1S/C30H49NO2S/c1-30(2,3)33-29(32)31-27-23-34-28-20-13-12-17-24-15-10-8-6-4-5-7-9-11-16-25(22-21-24)18-14-19-26(27)28/h10,15,23-25H,4-9,11-14,16-22H2,1-3H3,(H,31,32). The molecule has 2 aliphatic carbocycles. The van der Waals surface area contributed by atoms with Gasteiger partial charge >= 0.3 is 6.09 Å². The van der Waals surface area contributed by atoms with Crippen LogP contribution in [-0.2, 0) is 17.6 Å². The van der Waals surface area contributed by atoms with Crippen LogP contribution >= 0.6 is 11.3 Å². The minimum Gasteiger partial charge on any atom is -0.444 e. The fourth-order valence-electron chi connectivity index (χ4n) is 5.60. The van der Waals surface area contributed by atoms with Crippen molar-refractivity contribution in [1.82, 2.24) is 0 Å². The Morgan fingerprint density at radius 2 is 1.62 bits per heavy atom. The van der Waals surface area contributed by atoms with Gasteiger partial charge in [-0.3, -0.25) is 5.32 Å². The van der Waals surface area contributed by atoms with Crippen LogP contribution in [0.3, 0.4) is 0 Å². The van der Waals surface area contributed by atoms with Gasteiger partial charge in [0.2, 0.25) is 0 Å². The van der Waals surface area contributed by atoms with Crippen molar-refractivity contribution in [3.63, 3.8) is 0 Å². The molecule has 0 radical (unpaired) electrons. The van der Waals surface area contributed by atoms with Gasteiger partial charge in [-0.05, 0) is 96.0 Å². The monoisotopic (exact) mass is 487 g/mol. The van der Waals surface area contributed by atoms with E-state index >= 15 is 0 Å². The van der Waals surface area contributed by atoms with E-state index in [1.54, 1.807) is 0 Å². The molecule has 1 aromatic heterocycles. The molecule has 4 heteroatoms. The predicted octanol–water partition coefficient (Wildman–Crippen LogP) is 9.85. The zero-order valence-corrected chi connectivity index (χ0v) is 22.9. The van der Waals surface area contributed by atoms with Crippen molar-refractivity contribution in [3.8, 4) is 0 Å². The van der Waals surface area contributed by atoms with Crippen LogP contribution in [0.25, 0.3) is 0 Å². The van der Waals surface area contributed by atoms with E-state index in [2.05, 4.69) is 22.8 Å². The first kappa shape index (κ1) is 27.3. The zero-order valence-electron chi connectivity index (χ0n) is 22.1. The molecule has 2 aliphatic rings. The van der Waals surface area contributed by atoms with Crippen LogP contribution in [0.1, 0.15) is 128 Å². The number of carbonyl (C=O) groups excluding carboxylic acids is 1. The minimum atomic E-state index is -0.476. The highest BCUT2D eigenvalue weighted by Gasteiger charge is 2.20. The second-order valence-corrected chi connectivity index (χ2v) is 12.6. The van der Waals surface area contributed by atoms with Crippen molar-refractivity contribution < 1.29 is 9.53 Å². The number of rotatable bonds is 1. The summed E-state index contributed by atoms with van der Waals surface area (Å²) in [6, 6.07) is 0. The fourth-order valence-corrected chi connectivity index (χ4v) is 6.67. The van der Waals surface area contributed by atoms with Crippen LogP contribution in [-0.4, -0.2) is 11.7 Å². The van der Waals surface area contributed by atoms with Crippen molar-refractivity contribution >= 4 is 23.1 Å². The van der Waals surface area contributed by atoms with E-state index in [0.717, 1.165) is 30.4 Å². The summed E-state index contributed by atoms with van der Waals surface area (Å²) in [4.78, 5) is 13.9. The van der Waals surface area contributed by atoms with E-state index in [-0.39, 0.29) is 6.09 Å². The van der Waals surface area contributed by atoms with E-state index in [4.69, 9.17) is 4.74 Å². The van der Waals surface area contributed by atoms with E-state index in [1.165, 1.54) is 107 Å². The summed E-state index contributed by atoms with van der Waals surface area (Å²) >= 11 is 1.83. The van der Waals surface area contributed by atoms with Crippen LogP contribution < -0.4 is 5.32 Å². The Balaban J connectivity index is 1.70. The van der Waals surface area contributed by atoms with E-state index in [9.17, 15) is 4.79 Å². The predicted molar refractivity (Wildman–Crippen MR) is 147 cm³/mol. The molecule has 192 valence electrons. The lowest BCUT2D eigenvalue weighted by Gasteiger charge is -2.21. The number of hydrogen-bond donors (Lipinski definition) is 1. The molecular weight excluding hydrogens is 438 g/mol. The maximum atomic E-state index is 12.4. The summed E-state index contributed by atoms with van der Waals surface area (Å²) in [6.45, 7) is 5.75. The first-order chi connectivity index (χ1) is 16.4. The Kier molecular flexibility index (Phi) is 11.5. The third kappa shape index (κ3) is 10.1. The van der Waals surface area contributed by atoms with Gasteiger partial charge in [0.25, 0.3) is 0 Å². The van der Waals surface area contributed by atoms with Crippen molar-refractivity contribution in [2.24, 2.45) is 11.8 Å². The molecule has 3 rings (SSSR count). The number of ether oxygens (including phenoxy) is 1. The molecule has 3 nitrogen and oxygen atoms in total. The average molecular weight is 488 g/mol. The van der Waals surface area contributed by atoms with Gasteiger partial charge in [0, 0.05) is 10.3 Å². The first-order valence-electron chi connectivity index (χ1n) is 14.2. The number of fused-ring (bicyclic) bond motifs is 4. The van der Waals surface area contributed by atoms with Crippen LogP contribution in [0.5, 0.6) is 0 Å². The van der Waals surface area contributed by atoms with E-state index in [1.807, 2.05) is 32.1 Å². The van der Waals surface area contributed by atoms with Crippen LogP contribution in [0.2, 0.25) is 0 Å². The number of hydrogen-bond acceptors (Lipinski definition) is 3. The minimum absolute atomic E-state index is 0.333. The highest BCUT2D eigenvalue weighted by molar-refractivity contribution is 7.10. The molecule has 0 saturated carbocycles. The normalized spacial score (nSPS) is 24.1. The topological polar surface area (TPSA) is 38.3 Å². The Bertz CT molecular complexity index is 760. The number of aryl methyl sites for hydroxylation is 1. The van der Waals surface area contributed by atoms with Gasteiger partial charge in [0.05, 0.1) is 5.69 Å². The maximum Gasteiger partial charge on any atom is 0.412 e. The lowest BCUT2D eigenvalue weighted by atomic mass is 9.86. The summed E-state index contributed by atoms with van der Waals surface area (Å²) in [5, 5.41) is 5.21. The number of nitrogens with one attached hydrogen (secondary N) is 1. The van der Waals surface area contributed by atoms with Gasteiger partial charge in [-0.25, -0.2) is 4.79 Å². The molecule has 0 saturated heterocycles. The van der Waals surface area contributed by atoms with Gasteiger partial charge in [0.15, 0.2) is 0 Å². The molecule has 0 fully saturated rings. The fraction of sp³-hybridized carbons (Fsp3) is 0.767. The molecular formula is C30H49NO2S. The highest BCUT2D eigenvalue weighted by atomic mass is 32.1. The molecule has 2 atom stereocenters. The lowest BCUT2D eigenvalue weighted by molar-refractivity contribution is 0.0636. The quantitative estimate of drug-likeness (QED) is 0.400. The SMILES string of the molecule is CC(C)(C)OC(=O)Nc1csc2c1CCCC1CCCCCCCCC=CC(CCCC2)CC1. The van der Waals surface area contributed by atoms with E-state index in [0.29, 0.717) is 0 Å². The van der Waals surface area contributed by atoms with E-state index < -0.39 is 5.60 Å². The van der Waals surface area contributed by atoms with Gasteiger partial charge in [-0.1, -0.05) is 63.5 Å². The largest absolute Gasteiger partial charge is 0.444 e. The van der Waals surface area contributed by atoms with Gasteiger partial charge in [0.1, 0.15) is 5.60 Å². The second kappa shape index (κ2) is 14.3. The Morgan fingerprint density at radius 1 is 0.882 bits per heavy atom. The summed E-state index contributed by atoms with van der Waals surface area (Å²) in [5.74, 6) is 1.61. The Hall–Kier alpha value is -1.29. The maximum absolute atomic E-state index is 12.4. The first-order valence-corrected chi connectivity index (χ1v) is 15.0. The average Bonchev–Trinajstić information content (AvgIpc) is 3.14. The highest BCUT2D eigenvalue weighted by Crippen LogP contribution is 2.34. The van der Waals surface area contributed by atoms with Crippen LogP contribution in [0.4, 0.5) is 10.5 Å². The number of thiophene rings is 1. The summed E-state index contributed by atoms with van der Waals surface area (Å²) < 4.78 is 5.53.